The van der Waals surface area contributed by atoms with Crippen molar-refractivity contribution in [2.45, 2.75) is 38.5 Å². The van der Waals surface area contributed by atoms with Crippen molar-refractivity contribution in [3.05, 3.63) is 0 Å². The summed E-state index contributed by atoms with van der Waals surface area (Å²) in [7, 11) is 0. The third-order valence-corrected chi connectivity index (χ3v) is 4.53. The van der Waals surface area contributed by atoms with E-state index >= 15 is 0 Å². The zero-order chi connectivity index (χ0) is 14.3. The van der Waals surface area contributed by atoms with Crippen LogP contribution in [0, 0.1) is 10.8 Å². The highest BCUT2D eigenvalue weighted by Gasteiger charge is 2.65. The molecule has 1 spiro atoms. The predicted molar refractivity (Wildman–Crippen MR) is 64.1 cm³/mol. The number of nitrogens with one attached hydrogen (secondary N) is 1. The lowest BCUT2D eigenvalue weighted by atomic mass is 9.52. The number of carbonyl (C=O) groups is 4. The molecular weight excluding hydrogens is 250 g/mol. The van der Waals surface area contributed by atoms with E-state index in [2.05, 4.69) is 5.32 Å². The molecule has 0 bridgehead atoms. The van der Waals surface area contributed by atoms with Gasteiger partial charge in [0.05, 0.1) is 5.41 Å². The molecule has 1 heterocycles. The van der Waals surface area contributed by atoms with Crippen molar-refractivity contribution in [2.24, 2.45) is 22.3 Å². The number of rotatable bonds is 2. The molecule has 104 valence electrons. The highest BCUT2D eigenvalue weighted by Crippen LogP contribution is 2.54. The summed E-state index contributed by atoms with van der Waals surface area (Å²) < 4.78 is 0. The van der Waals surface area contributed by atoms with Crippen molar-refractivity contribution >= 4 is 23.6 Å². The number of hydrogen-bond acceptors (Lipinski definition) is 4. The van der Waals surface area contributed by atoms with Crippen molar-refractivity contribution < 1.29 is 19.2 Å². The number of piperidine rings is 1. The molecule has 1 aliphatic heterocycles. The van der Waals surface area contributed by atoms with Gasteiger partial charge in [-0.05, 0) is 19.3 Å². The van der Waals surface area contributed by atoms with Crippen LogP contribution in [0.4, 0.5) is 0 Å². The van der Waals surface area contributed by atoms with Gasteiger partial charge in [0.1, 0.15) is 5.41 Å². The Labute approximate surface area is 110 Å². The molecule has 1 saturated carbocycles. The van der Waals surface area contributed by atoms with Crippen LogP contribution in [0.5, 0.6) is 0 Å². The molecule has 2 fully saturated rings. The molecule has 0 radical (unpaired) electrons. The second-order valence-corrected chi connectivity index (χ2v) is 5.30. The molecule has 7 nitrogen and oxygen atoms in total. The van der Waals surface area contributed by atoms with Gasteiger partial charge in [0.15, 0.2) is 0 Å². The third-order valence-electron chi connectivity index (χ3n) is 4.53. The average molecular weight is 267 g/mol. The number of amides is 4. The smallest absolute Gasteiger partial charge is 0.234 e. The van der Waals surface area contributed by atoms with Gasteiger partial charge in [-0.25, -0.2) is 0 Å². The molecule has 1 aliphatic carbocycles. The van der Waals surface area contributed by atoms with E-state index < -0.39 is 34.5 Å². The Bertz CT molecular complexity index is 460. The molecule has 1 atom stereocenters. The van der Waals surface area contributed by atoms with E-state index in [4.69, 9.17) is 11.5 Å². The van der Waals surface area contributed by atoms with Crippen LogP contribution >= 0.6 is 0 Å². The fraction of sp³-hybridized carbons (Fsp3) is 0.667. The lowest BCUT2D eigenvalue weighted by molar-refractivity contribution is -0.169. The van der Waals surface area contributed by atoms with Crippen LogP contribution in [0.15, 0.2) is 0 Å². The minimum Gasteiger partial charge on any atom is -0.369 e. The molecule has 1 unspecified atom stereocenters. The van der Waals surface area contributed by atoms with Gasteiger partial charge in [0.25, 0.3) is 0 Å². The summed E-state index contributed by atoms with van der Waals surface area (Å²) in [6, 6.07) is 0. The van der Waals surface area contributed by atoms with Crippen LogP contribution in [0.1, 0.15) is 38.5 Å². The Hall–Kier alpha value is -1.92. The van der Waals surface area contributed by atoms with Crippen LogP contribution < -0.4 is 16.8 Å². The van der Waals surface area contributed by atoms with Gasteiger partial charge >= 0.3 is 0 Å². The largest absolute Gasteiger partial charge is 0.369 e. The summed E-state index contributed by atoms with van der Waals surface area (Å²) in [6.07, 6.45) is 2.05. The maximum atomic E-state index is 12.3. The lowest BCUT2D eigenvalue weighted by Gasteiger charge is -2.49. The quantitative estimate of drug-likeness (QED) is 0.434. The number of nitrogens with two attached hydrogens (primary N) is 2. The summed E-state index contributed by atoms with van der Waals surface area (Å²) in [5, 5.41) is 2.21. The second kappa shape index (κ2) is 4.32. The first-order chi connectivity index (χ1) is 8.87. The molecule has 2 rings (SSSR count). The Morgan fingerprint density at radius 2 is 1.58 bits per heavy atom. The first-order valence-electron chi connectivity index (χ1n) is 6.31. The average Bonchev–Trinajstić information content (AvgIpc) is 2.34. The van der Waals surface area contributed by atoms with Gasteiger partial charge < -0.3 is 11.5 Å². The first-order valence-corrected chi connectivity index (χ1v) is 6.31. The molecule has 0 aromatic carbocycles. The van der Waals surface area contributed by atoms with Crippen molar-refractivity contribution in [1.29, 1.82) is 0 Å². The molecular formula is C12H17N3O4. The normalized spacial score (nSPS) is 29.9. The number of imide groups is 1. The van der Waals surface area contributed by atoms with E-state index in [1.165, 1.54) is 0 Å². The molecule has 2 aliphatic rings. The number of carbonyl (C=O) groups excluding carboxylic acids is 4. The van der Waals surface area contributed by atoms with Gasteiger partial charge in [-0.1, -0.05) is 12.8 Å². The topological polar surface area (TPSA) is 132 Å². The lowest BCUT2D eigenvalue weighted by Crippen LogP contribution is -2.67. The third kappa shape index (κ3) is 1.64. The van der Waals surface area contributed by atoms with Gasteiger partial charge in [0, 0.05) is 6.42 Å². The Morgan fingerprint density at radius 3 is 2.11 bits per heavy atom. The van der Waals surface area contributed by atoms with Crippen LogP contribution in [0.2, 0.25) is 0 Å². The first kappa shape index (κ1) is 13.5. The zero-order valence-corrected chi connectivity index (χ0v) is 10.5. The summed E-state index contributed by atoms with van der Waals surface area (Å²) in [4.78, 5) is 47.3. The van der Waals surface area contributed by atoms with Crippen LogP contribution in [0.3, 0.4) is 0 Å². The van der Waals surface area contributed by atoms with Crippen LogP contribution in [-0.2, 0) is 19.2 Å². The van der Waals surface area contributed by atoms with E-state index in [-0.39, 0.29) is 19.3 Å². The second-order valence-electron chi connectivity index (χ2n) is 5.30. The van der Waals surface area contributed by atoms with E-state index in [0.717, 1.165) is 0 Å². The van der Waals surface area contributed by atoms with Crippen LogP contribution in [0.25, 0.3) is 0 Å². The number of hydrogen-bond donors (Lipinski definition) is 3. The summed E-state index contributed by atoms with van der Waals surface area (Å²) in [6.45, 7) is 0. The van der Waals surface area contributed by atoms with Gasteiger partial charge in [-0.3, -0.25) is 24.5 Å². The monoisotopic (exact) mass is 267 g/mol. The van der Waals surface area contributed by atoms with Crippen molar-refractivity contribution in [3.63, 3.8) is 0 Å². The van der Waals surface area contributed by atoms with Gasteiger partial charge in [-0.2, -0.15) is 0 Å². The Morgan fingerprint density at radius 1 is 1.00 bits per heavy atom. The van der Waals surface area contributed by atoms with Gasteiger partial charge in [-0.15, -0.1) is 0 Å². The highest BCUT2D eigenvalue weighted by atomic mass is 16.2. The van der Waals surface area contributed by atoms with Gasteiger partial charge in [0.2, 0.25) is 23.6 Å². The van der Waals surface area contributed by atoms with Crippen LogP contribution in [-0.4, -0.2) is 23.6 Å². The predicted octanol–water partition coefficient (Wildman–Crippen LogP) is -1.06. The van der Waals surface area contributed by atoms with E-state index in [1.807, 2.05) is 0 Å². The fourth-order valence-electron chi connectivity index (χ4n) is 3.50. The number of primary amides is 2. The van der Waals surface area contributed by atoms with Crippen molar-refractivity contribution in [3.8, 4) is 0 Å². The summed E-state index contributed by atoms with van der Waals surface area (Å²) in [5.74, 6) is -2.74. The highest BCUT2D eigenvalue weighted by molar-refractivity contribution is 6.12. The van der Waals surface area contributed by atoms with E-state index in [0.29, 0.717) is 19.3 Å². The molecule has 0 aromatic rings. The molecule has 4 amide bonds. The van der Waals surface area contributed by atoms with E-state index in [1.54, 1.807) is 0 Å². The molecule has 0 aromatic heterocycles. The van der Waals surface area contributed by atoms with E-state index in [9.17, 15) is 19.2 Å². The van der Waals surface area contributed by atoms with Crippen molar-refractivity contribution in [2.75, 3.05) is 0 Å². The fourth-order valence-corrected chi connectivity index (χ4v) is 3.50. The zero-order valence-electron chi connectivity index (χ0n) is 10.5. The molecule has 19 heavy (non-hydrogen) atoms. The SMILES string of the molecule is NC(=O)C1(C(N)=O)CCCCC12CCC(=O)NC2=O. The maximum absolute atomic E-state index is 12.3. The van der Waals surface area contributed by atoms with Crippen molar-refractivity contribution in [1.82, 2.24) is 5.32 Å². The Balaban J connectivity index is 2.56. The standard InChI is InChI=1S/C12H17N3O4/c13-8(17)12(9(14)18)5-2-1-4-11(12)6-3-7(16)15-10(11)19/h1-6H2,(H2,13,17)(H2,14,18)(H,15,16,19). The minimum absolute atomic E-state index is 0.0913. The minimum atomic E-state index is -1.68. The summed E-state index contributed by atoms with van der Waals surface area (Å²) >= 11 is 0. The Kier molecular flexibility index (Phi) is 3.07. The molecule has 7 heteroatoms. The summed E-state index contributed by atoms with van der Waals surface area (Å²) in [5.41, 5.74) is 7.85. The molecule has 5 N–H and O–H groups in total. The molecule has 1 saturated heterocycles. The maximum Gasteiger partial charge on any atom is 0.234 e.